The van der Waals surface area contributed by atoms with Crippen LogP contribution in [0.4, 0.5) is 0 Å². The molecule has 0 fully saturated rings. The average Bonchev–Trinajstić information content (AvgIpc) is 2.84. The number of hydrogen-bond donors (Lipinski definition) is 0. The fourth-order valence-corrected chi connectivity index (χ4v) is 2.79. The molecule has 1 heterocycles. The number of thiazole rings is 1. The van der Waals surface area contributed by atoms with Crippen molar-refractivity contribution in [1.82, 2.24) is 4.57 Å². The molecule has 0 N–H and O–H groups in total. The lowest BCUT2D eigenvalue weighted by Gasteiger charge is -2.12. The molecule has 0 saturated heterocycles. The highest BCUT2D eigenvalue weighted by atomic mass is 32.1. The van der Waals surface area contributed by atoms with Gasteiger partial charge in [0, 0.05) is 23.2 Å². The Morgan fingerprint density at radius 2 is 1.95 bits per heavy atom. The Hall–Kier alpha value is -2.21. The van der Waals surface area contributed by atoms with E-state index < -0.39 is 12.1 Å². The molecule has 0 spiro atoms. The third-order valence-electron chi connectivity index (χ3n) is 3.25. The summed E-state index contributed by atoms with van der Waals surface area (Å²) < 4.78 is 6.67. The van der Waals surface area contributed by atoms with Gasteiger partial charge in [-0.3, -0.25) is 14.4 Å². The number of esters is 1. The normalized spacial score (nSPS) is 11.9. The molecule has 0 radical (unpaired) electrons. The minimum Gasteiger partial charge on any atom is -0.454 e. The molecule has 0 bridgehead atoms. The van der Waals surface area contributed by atoms with Crippen molar-refractivity contribution >= 4 is 23.1 Å². The van der Waals surface area contributed by atoms with Crippen LogP contribution in [-0.4, -0.2) is 22.4 Å². The number of ketones is 1. The van der Waals surface area contributed by atoms with Crippen LogP contribution in [0.25, 0.3) is 0 Å². The second-order valence-electron chi connectivity index (χ2n) is 4.91. The number of rotatable bonds is 6. The molecule has 1 aromatic carbocycles. The maximum atomic E-state index is 12.1. The van der Waals surface area contributed by atoms with Crippen molar-refractivity contribution in [3.05, 3.63) is 56.6 Å². The summed E-state index contributed by atoms with van der Waals surface area (Å²) in [5, 5.41) is 1.75. The monoisotopic (exact) mass is 319 g/mol. The van der Waals surface area contributed by atoms with Gasteiger partial charge in [-0.05, 0) is 13.8 Å². The zero-order valence-electron chi connectivity index (χ0n) is 12.4. The van der Waals surface area contributed by atoms with E-state index in [0.717, 1.165) is 17.0 Å². The minimum atomic E-state index is -0.838. The highest BCUT2D eigenvalue weighted by Gasteiger charge is 2.19. The summed E-state index contributed by atoms with van der Waals surface area (Å²) in [5.41, 5.74) is 1.32. The Morgan fingerprint density at radius 3 is 2.55 bits per heavy atom. The Morgan fingerprint density at radius 1 is 1.27 bits per heavy atom. The van der Waals surface area contributed by atoms with Crippen LogP contribution >= 0.6 is 11.3 Å². The highest BCUT2D eigenvalue weighted by Crippen LogP contribution is 2.08. The van der Waals surface area contributed by atoms with Crippen LogP contribution in [0.5, 0.6) is 0 Å². The fourth-order valence-electron chi connectivity index (χ4n) is 2.02. The molecule has 1 unspecified atom stereocenters. The number of carbonyl (C=O) groups is 2. The molecular weight excluding hydrogens is 302 g/mol. The summed E-state index contributed by atoms with van der Waals surface area (Å²) in [7, 11) is 0. The van der Waals surface area contributed by atoms with Crippen molar-refractivity contribution in [3.8, 4) is 0 Å². The predicted molar refractivity (Wildman–Crippen MR) is 84.3 cm³/mol. The van der Waals surface area contributed by atoms with Crippen LogP contribution < -0.4 is 4.87 Å². The second kappa shape index (κ2) is 7.17. The van der Waals surface area contributed by atoms with Crippen LogP contribution in [-0.2, 0) is 16.1 Å². The molecule has 0 saturated carbocycles. The summed E-state index contributed by atoms with van der Waals surface area (Å²) in [6, 6.07) is 8.69. The van der Waals surface area contributed by atoms with Gasteiger partial charge in [-0.15, -0.1) is 0 Å². The third kappa shape index (κ3) is 3.92. The summed E-state index contributed by atoms with van der Waals surface area (Å²) in [6.07, 6.45) is -0.778. The van der Waals surface area contributed by atoms with Gasteiger partial charge in [0.25, 0.3) is 0 Å². The lowest BCUT2D eigenvalue weighted by atomic mass is 10.1. The molecule has 116 valence electrons. The van der Waals surface area contributed by atoms with Crippen LogP contribution in [0.2, 0.25) is 0 Å². The molecule has 0 aliphatic rings. The lowest BCUT2D eigenvalue weighted by molar-refractivity contribution is -0.146. The van der Waals surface area contributed by atoms with Gasteiger partial charge >= 0.3 is 10.8 Å². The molecule has 1 aromatic heterocycles. The predicted octanol–water partition coefficient (Wildman–Crippen LogP) is 2.42. The number of Topliss-reactive ketones (excluding diaryl/α,β-unsaturated/α-hetero) is 1. The smallest absolute Gasteiger partial charge is 0.308 e. The number of hydrogen-bond acceptors (Lipinski definition) is 5. The van der Waals surface area contributed by atoms with Gasteiger partial charge in [-0.1, -0.05) is 41.7 Å². The standard InChI is InChI=1S/C16H17NO4S/c1-11-10-22-16(20)17(11)9-8-14(18)21-12(2)15(19)13-6-4-3-5-7-13/h3-7,10,12H,8-9H2,1-2H3. The van der Waals surface area contributed by atoms with Gasteiger partial charge in [0.15, 0.2) is 6.10 Å². The topological polar surface area (TPSA) is 65.4 Å². The first-order valence-electron chi connectivity index (χ1n) is 6.92. The number of ether oxygens (including phenoxy) is 1. The van der Waals surface area contributed by atoms with E-state index in [2.05, 4.69) is 0 Å². The molecule has 0 aliphatic carbocycles. The van der Waals surface area contributed by atoms with Gasteiger partial charge in [0.2, 0.25) is 5.78 Å². The van der Waals surface area contributed by atoms with E-state index in [-0.39, 0.29) is 23.6 Å². The summed E-state index contributed by atoms with van der Waals surface area (Å²) in [4.78, 5) is 35.4. The molecule has 6 heteroatoms. The van der Waals surface area contributed by atoms with E-state index in [1.54, 1.807) is 36.6 Å². The Kier molecular flexibility index (Phi) is 5.27. The molecule has 0 amide bonds. The summed E-state index contributed by atoms with van der Waals surface area (Å²) in [5.74, 6) is -0.730. The summed E-state index contributed by atoms with van der Waals surface area (Å²) in [6.45, 7) is 3.62. The first-order chi connectivity index (χ1) is 10.5. The molecule has 2 aromatic rings. The zero-order chi connectivity index (χ0) is 16.1. The number of aryl methyl sites for hydroxylation is 1. The first kappa shape index (κ1) is 16.2. The molecule has 0 aliphatic heterocycles. The Bertz CT molecular complexity index is 717. The lowest BCUT2D eigenvalue weighted by Crippen LogP contribution is -2.25. The number of nitrogens with zero attached hydrogens (tertiary/aromatic N) is 1. The van der Waals surface area contributed by atoms with Crippen molar-refractivity contribution in [1.29, 1.82) is 0 Å². The van der Waals surface area contributed by atoms with E-state index in [4.69, 9.17) is 4.74 Å². The van der Waals surface area contributed by atoms with Gasteiger partial charge in [0.1, 0.15) is 0 Å². The van der Waals surface area contributed by atoms with Crippen molar-refractivity contribution < 1.29 is 14.3 Å². The number of benzene rings is 1. The van der Waals surface area contributed by atoms with Crippen molar-refractivity contribution in [2.24, 2.45) is 0 Å². The zero-order valence-corrected chi connectivity index (χ0v) is 13.3. The maximum absolute atomic E-state index is 12.1. The summed E-state index contributed by atoms with van der Waals surface area (Å²) >= 11 is 1.10. The van der Waals surface area contributed by atoms with Crippen LogP contribution in [0.3, 0.4) is 0 Å². The number of aromatic nitrogens is 1. The minimum absolute atomic E-state index is 0.0594. The van der Waals surface area contributed by atoms with E-state index in [9.17, 15) is 14.4 Å². The van der Waals surface area contributed by atoms with Gasteiger partial charge in [0.05, 0.1) is 6.42 Å². The van der Waals surface area contributed by atoms with E-state index in [0.29, 0.717) is 5.56 Å². The van der Waals surface area contributed by atoms with Gasteiger partial charge in [-0.2, -0.15) is 0 Å². The van der Waals surface area contributed by atoms with Crippen molar-refractivity contribution in [2.75, 3.05) is 0 Å². The van der Waals surface area contributed by atoms with Crippen molar-refractivity contribution in [3.63, 3.8) is 0 Å². The average molecular weight is 319 g/mol. The molecular formula is C16H17NO4S. The van der Waals surface area contributed by atoms with Gasteiger partial charge < -0.3 is 9.30 Å². The largest absolute Gasteiger partial charge is 0.454 e. The van der Waals surface area contributed by atoms with Crippen LogP contribution in [0.15, 0.2) is 40.5 Å². The molecule has 2 rings (SSSR count). The van der Waals surface area contributed by atoms with Gasteiger partial charge in [-0.25, -0.2) is 0 Å². The SMILES string of the molecule is Cc1csc(=O)n1CCC(=O)OC(C)C(=O)c1ccccc1. The number of carbonyl (C=O) groups excluding carboxylic acids is 2. The van der Waals surface area contributed by atoms with E-state index in [1.807, 2.05) is 13.0 Å². The molecule has 22 heavy (non-hydrogen) atoms. The van der Waals surface area contributed by atoms with Crippen LogP contribution in [0, 0.1) is 6.92 Å². The molecule has 5 nitrogen and oxygen atoms in total. The highest BCUT2D eigenvalue weighted by molar-refractivity contribution is 7.07. The molecule has 1 atom stereocenters. The Labute approximate surface area is 132 Å². The fraction of sp³-hybridized carbons (Fsp3) is 0.312. The van der Waals surface area contributed by atoms with E-state index >= 15 is 0 Å². The quantitative estimate of drug-likeness (QED) is 0.606. The van der Waals surface area contributed by atoms with Crippen LogP contribution in [0.1, 0.15) is 29.4 Å². The van der Waals surface area contributed by atoms with Crippen molar-refractivity contribution in [2.45, 2.75) is 32.9 Å². The van der Waals surface area contributed by atoms with E-state index in [1.165, 1.54) is 4.57 Å². The Balaban J connectivity index is 1.89. The maximum Gasteiger partial charge on any atom is 0.308 e. The first-order valence-corrected chi connectivity index (χ1v) is 7.80. The second-order valence-corrected chi connectivity index (χ2v) is 5.73. The third-order valence-corrected chi connectivity index (χ3v) is 4.13.